The zero-order valence-electron chi connectivity index (χ0n) is 12.0. The van der Waals surface area contributed by atoms with Crippen LogP contribution >= 0.6 is 0 Å². The fraction of sp³-hybridized carbons (Fsp3) is 0.643. The lowest BCUT2D eigenvalue weighted by Gasteiger charge is -2.22. The Kier molecular flexibility index (Phi) is 4.02. The van der Waals surface area contributed by atoms with E-state index in [1.807, 2.05) is 0 Å². The van der Waals surface area contributed by atoms with E-state index in [2.05, 4.69) is 35.9 Å². The molecule has 104 valence electrons. The predicted octanol–water partition coefficient (Wildman–Crippen LogP) is 1.73. The summed E-state index contributed by atoms with van der Waals surface area (Å²) in [5.74, 6) is 1.57. The van der Waals surface area contributed by atoms with E-state index >= 15 is 0 Å². The van der Waals surface area contributed by atoms with Gasteiger partial charge in [0.15, 0.2) is 5.82 Å². The molecule has 0 aromatic carbocycles. The van der Waals surface area contributed by atoms with Crippen molar-refractivity contribution in [3.05, 3.63) is 16.8 Å². The number of aryl methyl sites for hydroxylation is 1. The Morgan fingerprint density at radius 3 is 2.58 bits per heavy atom. The molecule has 3 N–H and O–H groups in total. The number of hydrogen-bond acceptors (Lipinski definition) is 4. The summed E-state index contributed by atoms with van der Waals surface area (Å²) in [5.41, 5.74) is 8.65. The maximum Gasteiger partial charge on any atom is 0.162 e. The largest absolute Gasteiger partial charge is 0.384 e. The quantitative estimate of drug-likeness (QED) is 0.639. The Balaban J connectivity index is 2.51. The summed E-state index contributed by atoms with van der Waals surface area (Å²) in [5, 5.41) is 16.6. The standard InChI is InChI=1S/C14H23N5/c1-4-10-11(5-2)17-18-14(12(10)13(15)16)19-7-6-9(3)8-19/h9H,4-8H2,1-3H3,(H3,15,16). The highest BCUT2D eigenvalue weighted by molar-refractivity contribution is 6.01. The number of nitrogen functional groups attached to an aromatic ring is 1. The number of amidine groups is 1. The Labute approximate surface area is 114 Å². The van der Waals surface area contributed by atoms with Gasteiger partial charge < -0.3 is 10.6 Å². The molecular weight excluding hydrogens is 238 g/mol. The van der Waals surface area contributed by atoms with Crippen LogP contribution in [0.2, 0.25) is 0 Å². The molecule has 5 heteroatoms. The second-order valence-corrected chi connectivity index (χ2v) is 5.28. The van der Waals surface area contributed by atoms with Crippen LogP contribution in [0, 0.1) is 11.3 Å². The lowest BCUT2D eigenvalue weighted by molar-refractivity contribution is 0.658. The minimum atomic E-state index is 0.107. The Morgan fingerprint density at radius 2 is 2.11 bits per heavy atom. The zero-order chi connectivity index (χ0) is 14.0. The minimum absolute atomic E-state index is 0.107. The molecule has 1 aliphatic heterocycles. The Hall–Kier alpha value is -1.65. The zero-order valence-corrected chi connectivity index (χ0v) is 12.0. The van der Waals surface area contributed by atoms with Crippen molar-refractivity contribution in [2.24, 2.45) is 11.7 Å². The molecule has 1 aromatic rings. The maximum atomic E-state index is 7.89. The third-order valence-corrected chi connectivity index (χ3v) is 3.82. The fourth-order valence-corrected chi connectivity index (χ4v) is 2.79. The first-order valence-corrected chi connectivity index (χ1v) is 7.06. The summed E-state index contributed by atoms with van der Waals surface area (Å²) in [6.45, 7) is 8.33. The molecule has 1 unspecified atom stereocenters. The normalized spacial score (nSPS) is 18.9. The second-order valence-electron chi connectivity index (χ2n) is 5.28. The van der Waals surface area contributed by atoms with Crippen LogP contribution in [0.3, 0.4) is 0 Å². The van der Waals surface area contributed by atoms with Crippen molar-refractivity contribution in [1.82, 2.24) is 10.2 Å². The molecule has 2 rings (SSSR count). The van der Waals surface area contributed by atoms with Gasteiger partial charge >= 0.3 is 0 Å². The summed E-state index contributed by atoms with van der Waals surface area (Å²) in [6.07, 6.45) is 2.83. The van der Waals surface area contributed by atoms with E-state index in [1.54, 1.807) is 0 Å². The van der Waals surface area contributed by atoms with Gasteiger partial charge in [0.2, 0.25) is 0 Å². The number of nitrogens with two attached hydrogens (primary N) is 1. The highest BCUT2D eigenvalue weighted by Crippen LogP contribution is 2.28. The summed E-state index contributed by atoms with van der Waals surface area (Å²) in [4.78, 5) is 2.22. The lowest BCUT2D eigenvalue weighted by atomic mass is 10.0. The van der Waals surface area contributed by atoms with E-state index in [9.17, 15) is 0 Å². The molecule has 0 bridgehead atoms. The van der Waals surface area contributed by atoms with Crippen molar-refractivity contribution in [3.8, 4) is 0 Å². The molecule has 0 aliphatic carbocycles. The summed E-state index contributed by atoms with van der Waals surface area (Å²) >= 11 is 0. The molecule has 1 fully saturated rings. The van der Waals surface area contributed by atoms with Crippen LogP contribution in [0.1, 0.15) is 44.0 Å². The number of aromatic nitrogens is 2. The molecular formula is C14H23N5. The Bertz CT molecular complexity index is 483. The number of hydrogen-bond donors (Lipinski definition) is 2. The summed E-state index contributed by atoms with van der Waals surface area (Å²) in [7, 11) is 0. The topological polar surface area (TPSA) is 78.9 Å². The molecule has 1 saturated heterocycles. The SMILES string of the molecule is CCc1nnc(N2CCC(C)C2)c(C(=N)N)c1CC. The molecule has 1 aromatic heterocycles. The first kappa shape index (κ1) is 13.8. The van der Waals surface area contributed by atoms with E-state index < -0.39 is 0 Å². The average molecular weight is 261 g/mol. The van der Waals surface area contributed by atoms with Crippen LogP contribution in [-0.4, -0.2) is 29.1 Å². The van der Waals surface area contributed by atoms with Crippen LogP contribution in [0.5, 0.6) is 0 Å². The van der Waals surface area contributed by atoms with Gasteiger partial charge in [0.05, 0.1) is 11.3 Å². The fourth-order valence-electron chi connectivity index (χ4n) is 2.79. The van der Waals surface area contributed by atoms with Gasteiger partial charge in [0.25, 0.3) is 0 Å². The third kappa shape index (κ3) is 2.55. The van der Waals surface area contributed by atoms with Crippen molar-refractivity contribution in [3.63, 3.8) is 0 Å². The van der Waals surface area contributed by atoms with E-state index in [1.165, 1.54) is 0 Å². The predicted molar refractivity (Wildman–Crippen MR) is 77.8 cm³/mol. The van der Waals surface area contributed by atoms with Crippen LogP contribution in [0.15, 0.2) is 0 Å². The minimum Gasteiger partial charge on any atom is -0.384 e. The molecule has 1 atom stereocenters. The molecule has 2 heterocycles. The lowest BCUT2D eigenvalue weighted by Crippen LogP contribution is -2.27. The van der Waals surface area contributed by atoms with Gasteiger partial charge in [-0.2, -0.15) is 5.10 Å². The first-order valence-electron chi connectivity index (χ1n) is 7.06. The van der Waals surface area contributed by atoms with Crippen molar-refractivity contribution in [1.29, 1.82) is 5.41 Å². The van der Waals surface area contributed by atoms with Gasteiger partial charge in [-0.3, -0.25) is 5.41 Å². The molecule has 1 aliphatic rings. The van der Waals surface area contributed by atoms with Crippen LogP contribution in [0.4, 0.5) is 5.82 Å². The number of nitrogens with one attached hydrogen (secondary N) is 1. The first-order chi connectivity index (χ1) is 9.08. The smallest absolute Gasteiger partial charge is 0.162 e. The highest BCUT2D eigenvalue weighted by Gasteiger charge is 2.26. The summed E-state index contributed by atoms with van der Waals surface area (Å²) in [6, 6.07) is 0. The van der Waals surface area contributed by atoms with Gasteiger partial charge in [-0.1, -0.05) is 20.8 Å². The molecule has 19 heavy (non-hydrogen) atoms. The van der Waals surface area contributed by atoms with E-state index in [0.717, 1.165) is 55.0 Å². The van der Waals surface area contributed by atoms with Crippen LogP contribution < -0.4 is 10.6 Å². The molecule has 0 amide bonds. The van der Waals surface area contributed by atoms with E-state index in [-0.39, 0.29) is 5.84 Å². The summed E-state index contributed by atoms with van der Waals surface area (Å²) < 4.78 is 0. The molecule has 0 radical (unpaired) electrons. The van der Waals surface area contributed by atoms with Crippen LogP contribution in [0.25, 0.3) is 0 Å². The van der Waals surface area contributed by atoms with E-state index in [4.69, 9.17) is 11.1 Å². The number of anilines is 1. The van der Waals surface area contributed by atoms with Crippen molar-refractivity contribution >= 4 is 11.7 Å². The number of rotatable bonds is 4. The number of nitrogens with zero attached hydrogens (tertiary/aromatic N) is 3. The monoisotopic (exact) mass is 261 g/mol. The molecule has 5 nitrogen and oxygen atoms in total. The molecule has 0 spiro atoms. The second kappa shape index (κ2) is 5.55. The molecule has 0 saturated carbocycles. The van der Waals surface area contributed by atoms with Gasteiger partial charge in [-0.25, -0.2) is 0 Å². The van der Waals surface area contributed by atoms with Crippen molar-refractivity contribution in [2.75, 3.05) is 18.0 Å². The van der Waals surface area contributed by atoms with Crippen molar-refractivity contribution in [2.45, 2.75) is 40.0 Å². The average Bonchev–Trinajstić information content (AvgIpc) is 2.83. The van der Waals surface area contributed by atoms with Crippen molar-refractivity contribution < 1.29 is 0 Å². The van der Waals surface area contributed by atoms with Gasteiger partial charge in [-0.05, 0) is 30.7 Å². The van der Waals surface area contributed by atoms with Gasteiger partial charge in [-0.15, -0.1) is 5.10 Å². The van der Waals surface area contributed by atoms with Gasteiger partial charge in [0, 0.05) is 13.1 Å². The third-order valence-electron chi connectivity index (χ3n) is 3.82. The van der Waals surface area contributed by atoms with Gasteiger partial charge in [0.1, 0.15) is 5.84 Å². The Morgan fingerprint density at radius 1 is 1.37 bits per heavy atom. The van der Waals surface area contributed by atoms with E-state index in [0.29, 0.717) is 5.92 Å². The maximum absolute atomic E-state index is 7.89. The van der Waals surface area contributed by atoms with Crippen LogP contribution in [-0.2, 0) is 12.8 Å². The highest BCUT2D eigenvalue weighted by atomic mass is 15.3.